The molecule has 1 aliphatic heterocycles. The standard InChI is InChI=1S/C16H15N5O3/c1-9-17-16-18-12-6-3-7-13(22)14(12)15(20(16)19-9)10-4-2-5-11(8-10)21(23)24/h2,4-5,8,15H,3,6-7H2,1H3,(H,17,18,19). The van der Waals surface area contributed by atoms with Crippen LogP contribution in [-0.2, 0) is 4.79 Å². The Morgan fingerprint density at radius 3 is 3.00 bits per heavy atom. The van der Waals surface area contributed by atoms with Crippen molar-refractivity contribution in [2.45, 2.75) is 32.2 Å². The van der Waals surface area contributed by atoms with Crippen LogP contribution < -0.4 is 5.32 Å². The number of rotatable bonds is 2. The molecule has 0 spiro atoms. The van der Waals surface area contributed by atoms with E-state index in [9.17, 15) is 14.9 Å². The SMILES string of the molecule is Cc1nc2n(n1)C(c1cccc([N+](=O)[O-])c1)C1=C(CCCC1=O)N2. The number of hydrogen-bond acceptors (Lipinski definition) is 6. The summed E-state index contributed by atoms with van der Waals surface area (Å²) in [7, 11) is 0. The first-order valence-corrected chi connectivity index (χ1v) is 7.75. The van der Waals surface area contributed by atoms with Crippen LogP contribution in [0.2, 0.25) is 0 Å². The molecule has 8 nitrogen and oxygen atoms in total. The highest BCUT2D eigenvalue weighted by Crippen LogP contribution is 2.40. The number of aryl methyl sites for hydroxylation is 1. The monoisotopic (exact) mass is 325 g/mol. The Kier molecular flexibility index (Phi) is 3.19. The molecule has 122 valence electrons. The fraction of sp³-hybridized carbons (Fsp3) is 0.312. The molecule has 2 heterocycles. The first-order valence-electron chi connectivity index (χ1n) is 7.75. The largest absolute Gasteiger partial charge is 0.328 e. The van der Waals surface area contributed by atoms with Gasteiger partial charge in [0, 0.05) is 29.8 Å². The number of carbonyl (C=O) groups excluding carboxylic acids is 1. The Morgan fingerprint density at radius 2 is 2.21 bits per heavy atom. The summed E-state index contributed by atoms with van der Waals surface area (Å²) < 4.78 is 1.65. The number of aromatic nitrogens is 3. The molecule has 24 heavy (non-hydrogen) atoms. The van der Waals surface area contributed by atoms with Gasteiger partial charge in [0.1, 0.15) is 11.9 Å². The number of nitro benzene ring substituents is 1. The van der Waals surface area contributed by atoms with E-state index in [1.54, 1.807) is 23.7 Å². The number of fused-ring (bicyclic) bond motifs is 1. The second kappa shape index (κ2) is 5.26. The van der Waals surface area contributed by atoms with Crippen molar-refractivity contribution in [2.24, 2.45) is 0 Å². The fourth-order valence-electron chi connectivity index (χ4n) is 3.38. The van der Waals surface area contributed by atoms with E-state index in [0.29, 0.717) is 29.3 Å². The number of hydrogen-bond donors (Lipinski definition) is 1. The van der Waals surface area contributed by atoms with E-state index in [-0.39, 0.29) is 11.5 Å². The molecule has 8 heteroatoms. The van der Waals surface area contributed by atoms with Crippen molar-refractivity contribution < 1.29 is 9.72 Å². The van der Waals surface area contributed by atoms with E-state index in [1.165, 1.54) is 12.1 Å². The highest BCUT2D eigenvalue weighted by molar-refractivity contribution is 5.99. The van der Waals surface area contributed by atoms with E-state index in [0.717, 1.165) is 18.5 Å². The molecular formula is C16H15N5O3. The van der Waals surface area contributed by atoms with E-state index in [1.807, 2.05) is 0 Å². The van der Waals surface area contributed by atoms with Crippen LogP contribution in [0.5, 0.6) is 0 Å². The van der Waals surface area contributed by atoms with Crippen molar-refractivity contribution in [3.63, 3.8) is 0 Å². The van der Waals surface area contributed by atoms with Gasteiger partial charge < -0.3 is 5.32 Å². The zero-order valence-corrected chi connectivity index (χ0v) is 13.0. The Balaban J connectivity index is 1.92. The third-order valence-corrected chi connectivity index (χ3v) is 4.37. The molecule has 0 saturated heterocycles. The van der Waals surface area contributed by atoms with E-state index in [2.05, 4.69) is 15.4 Å². The maximum atomic E-state index is 12.6. The predicted octanol–water partition coefficient (Wildman–Crippen LogP) is 2.52. The second-order valence-electron chi connectivity index (χ2n) is 5.98. The summed E-state index contributed by atoms with van der Waals surface area (Å²) in [5, 5.41) is 18.7. The molecule has 0 amide bonds. The number of non-ortho nitro benzene ring substituents is 1. The van der Waals surface area contributed by atoms with Gasteiger partial charge in [0.05, 0.1) is 4.92 Å². The van der Waals surface area contributed by atoms with E-state index in [4.69, 9.17) is 0 Å². The lowest BCUT2D eigenvalue weighted by Gasteiger charge is -2.32. The summed E-state index contributed by atoms with van der Waals surface area (Å²) in [5.41, 5.74) is 2.15. The van der Waals surface area contributed by atoms with Crippen LogP contribution in [-0.4, -0.2) is 25.5 Å². The van der Waals surface area contributed by atoms with Gasteiger partial charge in [-0.25, -0.2) is 4.68 Å². The number of Topliss-reactive ketones (excluding diaryl/α,β-unsaturated/α-hetero) is 1. The molecule has 0 radical (unpaired) electrons. The maximum absolute atomic E-state index is 12.6. The van der Waals surface area contributed by atoms with Crippen LogP contribution in [0.1, 0.15) is 36.7 Å². The van der Waals surface area contributed by atoms with Gasteiger partial charge in [0.2, 0.25) is 5.95 Å². The maximum Gasteiger partial charge on any atom is 0.269 e. The zero-order chi connectivity index (χ0) is 16.8. The number of allylic oxidation sites excluding steroid dienone is 2. The molecule has 0 fully saturated rings. The minimum absolute atomic E-state index is 0.00479. The quantitative estimate of drug-likeness (QED) is 0.672. The second-order valence-corrected chi connectivity index (χ2v) is 5.98. The lowest BCUT2D eigenvalue weighted by atomic mass is 9.85. The average molecular weight is 325 g/mol. The van der Waals surface area contributed by atoms with Crippen LogP contribution in [0.4, 0.5) is 11.6 Å². The molecule has 4 rings (SSSR count). The van der Waals surface area contributed by atoms with Crippen LogP contribution in [0.15, 0.2) is 35.5 Å². The first-order chi connectivity index (χ1) is 11.5. The van der Waals surface area contributed by atoms with Gasteiger partial charge in [-0.3, -0.25) is 14.9 Å². The molecule has 1 N–H and O–H groups in total. The van der Waals surface area contributed by atoms with Gasteiger partial charge in [-0.2, -0.15) is 10.1 Å². The molecule has 2 aliphatic rings. The Bertz CT molecular complexity index is 899. The smallest absolute Gasteiger partial charge is 0.269 e. The predicted molar refractivity (Wildman–Crippen MR) is 85.5 cm³/mol. The molecule has 0 saturated carbocycles. The number of anilines is 1. The third-order valence-electron chi connectivity index (χ3n) is 4.37. The van der Waals surface area contributed by atoms with Crippen molar-refractivity contribution >= 4 is 17.4 Å². The molecular weight excluding hydrogens is 310 g/mol. The molecule has 0 bridgehead atoms. The summed E-state index contributed by atoms with van der Waals surface area (Å²) in [6.07, 6.45) is 2.03. The van der Waals surface area contributed by atoms with Crippen LogP contribution >= 0.6 is 0 Å². The minimum atomic E-state index is -0.481. The molecule has 1 atom stereocenters. The first kappa shape index (κ1) is 14.6. The Morgan fingerprint density at radius 1 is 1.38 bits per heavy atom. The lowest BCUT2D eigenvalue weighted by molar-refractivity contribution is -0.384. The number of benzene rings is 1. The molecule has 1 aromatic heterocycles. The summed E-state index contributed by atoms with van der Waals surface area (Å²) in [5.74, 6) is 1.21. The zero-order valence-electron chi connectivity index (χ0n) is 13.0. The third kappa shape index (κ3) is 2.18. The number of ketones is 1. The Hall–Kier alpha value is -3.03. The fourth-order valence-corrected chi connectivity index (χ4v) is 3.38. The number of carbonyl (C=O) groups is 1. The van der Waals surface area contributed by atoms with Crippen molar-refractivity contribution in [1.82, 2.24) is 14.8 Å². The highest BCUT2D eigenvalue weighted by atomic mass is 16.6. The van der Waals surface area contributed by atoms with Crippen molar-refractivity contribution in [3.8, 4) is 0 Å². The summed E-state index contributed by atoms with van der Waals surface area (Å²) in [6, 6.07) is 5.88. The van der Waals surface area contributed by atoms with Gasteiger partial charge in [-0.05, 0) is 25.3 Å². The van der Waals surface area contributed by atoms with Crippen LogP contribution in [0.25, 0.3) is 0 Å². The van der Waals surface area contributed by atoms with Crippen molar-refractivity contribution in [1.29, 1.82) is 0 Å². The summed E-state index contributed by atoms with van der Waals surface area (Å²) >= 11 is 0. The average Bonchev–Trinajstić information content (AvgIpc) is 2.93. The number of nitrogens with zero attached hydrogens (tertiary/aromatic N) is 4. The minimum Gasteiger partial charge on any atom is -0.328 e. The molecule has 1 aromatic carbocycles. The van der Waals surface area contributed by atoms with E-state index < -0.39 is 11.0 Å². The summed E-state index contributed by atoms with van der Waals surface area (Å²) in [4.78, 5) is 27.6. The van der Waals surface area contributed by atoms with Crippen molar-refractivity contribution in [2.75, 3.05) is 5.32 Å². The van der Waals surface area contributed by atoms with Gasteiger partial charge in [-0.1, -0.05) is 12.1 Å². The van der Waals surface area contributed by atoms with Gasteiger partial charge in [0.25, 0.3) is 5.69 Å². The van der Waals surface area contributed by atoms with Crippen LogP contribution in [0.3, 0.4) is 0 Å². The van der Waals surface area contributed by atoms with Gasteiger partial charge >= 0.3 is 0 Å². The highest BCUT2D eigenvalue weighted by Gasteiger charge is 2.36. The normalized spacial score (nSPS) is 19.5. The molecule has 1 unspecified atom stereocenters. The Labute approximate surface area is 137 Å². The number of nitrogens with one attached hydrogen (secondary N) is 1. The topological polar surface area (TPSA) is 103 Å². The van der Waals surface area contributed by atoms with E-state index >= 15 is 0 Å². The summed E-state index contributed by atoms with van der Waals surface area (Å²) in [6.45, 7) is 1.78. The van der Waals surface area contributed by atoms with Crippen LogP contribution in [0, 0.1) is 17.0 Å². The number of nitro groups is 1. The van der Waals surface area contributed by atoms with Gasteiger partial charge in [0.15, 0.2) is 5.78 Å². The molecule has 1 aliphatic carbocycles. The lowest BCUT2D eigenvalue weighted by Crippen LogP contribution is -2.31. The molecule has 2 aromatic rings. The van der Waals surface area contributed by atoms with Crippen molar-refractivity contribution in [3.05, 3.63) is 57.0 Å². The van der Waals surface area contributed by atoms with Gasteiger partial charge in [-0.15, -0.1) is 0 Å².